The van der Waals surface area contributed by atoms with Crippen LogP contribution < -0.4 is 0 Å². The molecule has 2 fully saturated rings. The average molecular weight is 402 g/mol. The molecule has 0 N–H and O–H groups in total. The lowest BCUT2D eigenvalue weighted by molar-refractivity contribution is 0.0366. The van der Waals surface area contributed by atoms with Gasteiger partial charge in [0.25, 0.3) is 5.91 Å². The maximum Gasteiger partial charge on any atom is 0.263 e. The van der Waals surface area contributed by atoms with E-state index in [4.69, 9.17) is 4.74 Å². The molecule has 0 saturated carbocycles. The highest BCUT2D eigenvalue weighted by Gasteiger charge is 2.35. The van der Waals surface area contributed by atoms with Crippen LogP contribution in [-0.2, 0) is 14.8 Å². The fourth-order valence-corrected chi connectivity index (χ4v) is 5.48. The molecule has 2 aliphatic rings. The largest absolute Gasteiger partial charge is 0.379 e. The average Bonchev–Trinajstić information content (AvgIpc) is 3.30. The highest BCUT2D eigenvalue weighted by Crippen LogP contribution is 2.22. The van der Waals surface area contributed by atoms with Gasteiger partial charge >= 0.3 is 0 Å². The smallest absolute Gasteiger partial charge is 0.263 e. The second-order valence-electron chi connectivity index (χ2n) is 6.85. The summed E-state index contributed by atoms with van der Waals surface area (Å²) >= 11 is 1.42. The van der Waals surface area contributed by atoms with E-state index in [-0.39, 0.29) is 11.9 Å². The SMILES string of the molecule is CS(=O)(=O)N(CCCN1CCOCC1)C1CCN(C(=O)c2cccs2)C1. The normalized spacial score (nSPS) is 22.2. The summed E-state index contributed by atoms with van der Waals surface area (Å²) in [6.45, 7) is 5.77. The summed E-state index contributed by atoms with van der Waals surface area (Å²) in [7, 11) is -3.30. The highest BCUT2D eigenvalue weighted by molar-refractivity contribution is 7.88. The lowest BCUT2D eigenvalue weighted by atomic mass is 10.2. The van der Waals surface area contributed by atoms with Gasteiger partial charge in [-0.25, -0.2) is 8.42 Å². The molecule has 2 aliphatic heterocycles. The van der Waals surface area contributed by atoms with Crippen molar-refractivity contribution in [3.05, 3.63) is 22.4 Å². The quantitative estimate of drug-likeness (QED) is 0.680. The second-order valence-corrected chi connectivity index (χ2v) is 9.73. The number of nitrogens with zero attached hydrogens (tertiary/aromatic N) is 3. The first-order valence-corrected chi connectivity index (χ1v) is 11.8. The Morgan fingerprint density at radius 3 is 2.77 bits per heavy atom. The van der Waals surface area contributed by atoms with Gasteiger partial charge in [-0.15, -0.1) is 11.3 Å². The Hall–Kier alpha value is -1.00. The minimum atomic E-state index is -3.30. The molecule has 1 aromatic heterocycles. The van der Waals surface area contributed by atoms with Crippen LogP contribution in [0.4, 0.5) is 0 Å². The van der Waals surface area contributed by atoms with Gasteiger partial charge < -0.3 is 9.64 Å². The predicted molar refractivity (Wildman–Crippen MR) is 102 cm³/mol. The molecule has 0 aromatic carbocycles. The third-order valence-electron chi connectivity index (χ3n) is 4.97. The van der Waals surface area contributed by atoms with Gasteiger partial charge in [0.1, 0.15) is 0 Å². The van der Waals surface area contributed by atoms with Crippen LogP contribution in [0.1, 0.15) is 22.5 Å². The Morgan fingerprint density at radius 2 is 2.12 bits per heavy atom. The Bertz CT molecular complexity index is 687. The molecule has 26 heavy (non-hydrogen) atoms. The van der Waals surface area contributed by atoms with Gasteiger partial charge in [0.05, 0.1) is 24.3 Å². The van der Waals surface area contributed by atoms with E-state index in [1.54, 1.807) is 9.21 Å². The maximum absolute atomic E-state index is 12.5. The van der Waals surface area contributed by atoms with Gasteiger partial charge in [-0.05, 0) is 30.8 Å². The zero-order valence-corrected chi connectivity index (χ0v) is 16.8. The van der Waals surface area contributed by atoms with Crippen molar-refractivity contribution in [1.29, 1.82) is 0 Å². The van der Waals surface area contributed by atoms with E-state index in [9.17, 15) is 13.2 Å². The van der Waals surface area contributed by atoms with E-state index >= 15 is 0 Å². The fourth-order valence-electron chi connectivity index (χ4n) is 3.61. The Kier molecular flexibility index (Phi) is 6.68. The minimum absolute atomic E-state index is 0.00395. The Labute approximate surface area is 159 Å². The monoisotopic (exact) mass is 401 g/mol. The minimum Gasteiger partial charge on any atom is -0.379 e. The number of amides is 1. The zero-order chi connectivity index (χ0) is 18.6. The number of likely N-dealkylation sites (tertiary alicyclic amines) is 1. The molecule has 9 heteroatoms. The van der Waals surface area contributed by atoms with E-state index in [2.05, 4.69) is 4.90 Å². The van der Waals surface area contributed by atoms with Gasteiger partial charge in [-0.3, -0.25) is 9.69 Å². The van der Waals surface area contributed by atoms with E-state index in [1.807, 2.05) is 17.5 Å². The molecular weight excluding hydrogens is 374 g/mol. The third kappa shape index (κ3) is 5.04. The standard InChI is InChI=1S/C17H27N3O4S2/c1-26(22,23)20(7-3-6-18-9-11-24-12-10-18)15-5-8-19(14-15)17(21)16-4-2-13-25-16/h2,4,13,15H,3,5-12,14H2,1H3. The van der Waals surface area contributed by atoms with E-state index in [0.717, 1.165) is 39.3 Å². The molecule has 0 bridgehead atoms. The van der Waals surface area contributed by atoms with Crippen molar-refractivity contribution in [2.24, 2.45) is 0 Å². The molecule has 0 spiro atoms. The molecule has 3 heterocycles. The lowest BCUT2D eigenvalue weighted by Gasteiger charge is -2.30. The van der Waals surface area contributed by atoms with Crippen molar-refractivity contribution in [2.75, 3.05) is 58.7 Å². The number of thiophene rings is 1. The van der Waals surface area contributed by atoms with Gasteiger partial charge in [0.15, 0.2) is 0 Å². The summed E-state index contributed by atoms with van der Waals surface area (Å²) in [6, 6.07) is 3.55. The summed E-state index contributed by atoms with van der Waals surface area (Å²) in [4.78, 5) is 17.3. The molecule has 0 aliphatic carbocycles. The molecule has 2 saturated heterocycles. The first kappa shape index (κ1) is 19.8. The van der Waals surface area contributed by atoms with Crippen molar-refractivity contribution in [3.63, 3.8) is 0 Å². The van der Waals surface area contributed by atoms with Crippen molar-refractivity contribution in [3.8, 4) is 0 Å². The summed E-state index contributed by atoms with van der Waals surface area (Å²) in [5, 5.41) is 1.88. The molecule has 3 rings (SSSR count). The lowest BCUT2D eigenvalue weighted by Crippen LogP contribution is -2.44. The summed E-state index contributed by atoms with van der Waals surface area (Å²) in [6.07, 6.45) is 2.76. The third-order valence-corrected chi connectivity index (χ3v) is 7.16. The van der Waals surface area contributed by atoms with E-state index in [1.165, 1.54) is 17.6 Å². The Morgan fingerprint density at radius 1 is 1.35 bits per heavy atom. The number of hydrogen-bond donors (Lipinski definition) is 0. The molecule has 146 valence electrons. The van der Waals surface area contributed by atoms with E-state index in [0.29, 0.717) is 30.9 Å². The Balaban J connectivity index is 1.55. The van der Waals surface area contributed by atoms with Crippen LogP contribution in [0.15, 0.2) is 17.5 Å². The van der Waals surface area contributed by atoms with Crippen LogP contribution in [0.2, 0.25) is 0 Å². The fraction of sp³-hybridized carbons (Fsp3) is 0.706. The van der Waals surface area contributed by atoms with Crippen LogP contribution in [-0.4, -0.2) is 93.2 Å². The first-order chi connectivity index (χ1) is 12.4. The first-order valence-electron chi connectivity index (χ1n) is 9.05. The summed E-state index contributed by atoms with van der Waals surface area (Å²) < 4.78 is 31.5. The van der Waals surface area contributed by atoms with Crippen molar-refractivity contribution >= 4 is 27.3 Å². The predicted octanol–water partition coefficient (Wildman–Crippen LogP) is 0.947. The molecule has 1 amide bonds. The van der Waals surface area contributed by atoms with Crippen LogP contribution in [0, 0.1) is 0 Å². The van der Waals surface area contributed by atoms with Crippen LogP contribution in [0.5, 0.6) is 0 Å². The molecule has 7 nitrogen and oxygen atoms in total. The van der Waals surface area contributed by atoms with Crippen LogP contribution in [0.25, 0.3) is 0 Å². The number of ether oxygens (including phenoxy) is 1. The zero-order valence-electron chi connectivity index (χ0n) is 15.2. The highest BCUT2D eigenvalue weighted by atomic mass is 32.2. The van der Waals surface area contributed by atoms with Crippen LogP contribution >= 0.6 is 11.3 Å². The molecule has 1 unspecified atom stereocenters. The summed E-state index contributed by atoms with van der Waals surface area (Å²) in [5.74, 6) is 0.00395. The van der Waals surface area contributed by atoms with Gasteiger partial charge in [-0.2, -0.15) is 4.31 Å². The van der Waals surface area contributed by atoms with Gasteiger partial charge in [0.2, 0.25) is 10.0 Å². The van der Waals surface area contributed by atoms with Crippen molar-refractivity contribution < 1.29 is 17.9 Å². The summed E-state index contributed by atoms with van der Waals surface area (Å²) in [5.41, 5.74) is 0. The second kappa shape index (κ2) is 8.79. The van der Waals surface area contributed by atoms with Gasteiger partial charge in [-0.1, -0.05) is 6.07 Å². The molecule has 1 aromatic rings. The number of hydrogen-bond acceptors (Lipinski definition) is 6. The van der Waals surface area contributed by atoms with Crippen LogP contribution in [0.3, 0.4) is 0 Å². The van der Waals surface area contributed by atoms with Crippen molar-refractivity contribution in [1.82, 2.24) is 14.1 Å². The number of sulfonamides is 1. The van der Waals surface area contributed by atoms with Crippen molar-refractivity contribution in [2.45, 2.75) is 18.9 Å². The number of rotatable bonds is 7. The number of carbonyl (C=O) groups excluding carboxylic acids is 1. The number of carbonyl (C=O) groups is 1. The topological polar surface area (TPSA) is 70.2 Å². The molecular formula is C17H27N3O4S2. The van der Waals surface area contributed by atoms with Gasteiger partial charge in [0, 0.05) is 38.8 Å². The molecule has 1 atom stereocenters. The van der Waals surface area contributed by atoms with E-state index < -0.39 is 10.0 Å². The number of morpholine rings is 1. The molecule has 0 radical (unpaired) electrons. The maximum atomic E-state index is 12.5.